The van der Waals surface area contributed by atoms with Gasteiger partial charge in [-0.2, -0.15) is 0 Å². The van der Waals surface area contributed by atoms with Crippen LogP contribution >= 0.6 is 22.7 Å². The minimum absolute atomic E-state index is 0.661. The number of benzene rings is 1. The number of methoxy groups -OCH3 is 1. The lowest BCUT2D eigenvalue weighted by Gasteiger charge is -2.15. The quantitative estimate of drug-likeness (QED) is 0.706. The van der Waals surface area contributed by atoms with Gasteiger partial charge in [0.1, 0.15) is 11.9 Å². The highest BCUT2D eigenvalue weighted by Crippen LogP contribution is 2.35. The summed E-state index contributed by atoms with van der Waals surface area (Å²) in [6.45, 7) is 0. The first-order chi connectivity index (χ1) is 10.8. The van der Waals surface area contributed by atoms with Gasteiger partial charge in [-0.1, -0.05) is 24.3 Å². The molecule has 2 heterocycles. The van der Waals surface area contributed by atoms with Crippen molar-refractivity contribution in [2.45, 2.75) is 6.10 Å². The van der Waals surface area contributed by atoms with Crippen LogP contribution < -0.4 is 4.74 Å². The van der Waals surface area contributed by atoms with E-state index < -0.39 is 6.10 Å². The molecule has 0 aliphatic rings. The maximum Gasteiger partial charge on any atom is 0.118 e. The highest BCUT2D eigenvalue weighted by atomic mass is 32.1. The highest BCUT2D eigenvalue weighted by molar-refractivity contribution is 7.12. The maximum absolute atomic E-state index is 10.8. The Morgan fingerprint density at radius 1 is 1.05 bits per heavy atom. The number of aliphatic hydroxyl groups excluding tert-OH is 1. The van der Waals surface area contributed by atoms with Gasteiger partial charge in [0.2, 0.25) is 0 Å². The standard InChI is InChI=1S/C18H16O2S2/c1-20-14-8-6-13(7-9-14)18(19)16(17-5-3-11-22-17)12-15-4-2-10-21-15/h2-12,18-19H,1H3/b16-12-. The van der Waals surface area contributed by atoms with E-state index in [2.05, 4.69) is 12.1 Å². The molecule has 0 aliphatic heterocycles. The lowest BCUT2D eigenvalue weighted by molar-refractivity contribution is 0.239. The summed E-state index contributed by atoms with van der Waals surface area (Å²) in [4.78, 5) is 2.22. The zero-order valence-electron chi connectivity index (χ0n) is 12.1. The molecule has 0 radical (unpaired) electrons. The monoisotopic (exact) mass is 328 g/mol. The van der Waals surface area contributed by atoms with Crippen molar-refractivity contribution >= 4 is 34.3 Å². The van der Waals surface area contributed by atoms with E-state index in [-0.39, 0.29) is 0 Å². The van der Waals surface area contributed by atoms with Gasteiger partial charge in [0, 0.05) is 15.3 Å². The lowest BCUT2D eigenvalue weighted by atomic mass is 9.99. The van der Waals surface area contributed by atoms with Gasteiger partial charge < -0.3 is 9.84 Å². The Morgan fingerprint density at radius 2 is 1.77 bits per heavy atom. The van der Waals surface area contributed by atoms with Crippen molar-refractivity contribution in [1.82, 2.24) is 0 Å². The van der Waals surface area contributed by atoms with Crippen LogP contribution in [-0.4, -0.2) is 12.2 Å². The maximum atomic E-state index is 10.8. The summed E-state index contributed by atoms with van der Waals surface area (Å²) in [5.41, 5.74) is 1.78. The minimum Gasteiger partial charge on any atom is -0.497 e. The number of hydrogen-bond donors (Lipinski definition) is 1. The van der Waals surface area contributed by atoms with Crippen molar-refractivity contribution in [1.29, 1.82) is 0 Å². The van der Waals surface area contributed by atoms with Crippen LogP contribution in [0.25, 0.3) is 11.6 Å². The summed E-state index contributed by atoms with van der Waals surface area (Å²) >= 11 is 3.30. The third kappa shape index (κ3) is 3.30. The average molecular weight is 328 g/mol. The van der Waals surface area contributed by atoms with E-state index in [1.165, 1.54) is 0 Å². The largest absolute Gasteiger partial charge is 0.497 e. The Bertz CT molecular complexity index is 726. The molecule has 3 aromatic rings. The van der Waals surface area contributed by atoms with E-state index in [9.17, 15) is 5.11 Å². The molecule has 1 atom stereocenters. The number of ether oxygens (including phenoxy) is 1. The Hall–Kier alpha value is -1.88. The zero-order chi connectivity index (χ0) is 15.4. The molecule has 4 heteroatoms. The second kappa shape index (κ2) is 6.92. The van der Waals surface area contributed by atoms with Crippen molar-refractivity contribution in [3.8, 4) is 5.75 Å². The van der Waals surface area contributed by atoms with Crippen LogP contribution in [0.4, 0.5) is 0 Å². The molecular formula is C18H16O2S2. The Kier molecular flexibility index (Phi) is 4.73. The fourth-order valence-electron chi connectivity index (χ4n) is 2.22. The second-order valence-corrected chi connectivity index (χ2v) is 6.70. The summed E-state index contributed by atoms with van der Waals surface area (Å²) in [5.74, 6) is 0.788. The molecule has 0 saturated carbocycles. The van der Waals surface area contributed by atoms with Gasteiger partial charge in [-0.15, -0.1) is 22.7 Å². The first-order valence-electron chi connectivity index (χ1n) is 6.89. The van der Waals surface area contributed by atoms with Crippen LogP contribution in [0, 0.1) is 0 Å². The lowest BCUT2D eigenvalue weighted by Crippen LogP contribution is -2.00. The van der Waals surface area contributed by atoms with E-state index in [0.29, 0.717) is 0 Å². The zero-order valence-corrected chi connectivity index (χ0v) is 13.7. The Labute approximate surface area is 138 Å². The average Bonchev–Trinajstić information content (AvgIpc) is 3.25. The van der Waals surface area contributed by atoms with E-state index in [0.717, 1.165) is 26.6 Å². The molecule has 0 saturated heterocycles. The molecule has 2 nitrogen and oxygen atoms in total. The van der Waals surface area contributed by atoms with Crippen LogP contribution in [0.5, 0.6) is 5.75 Å². The Balaban J connectivity index is 1.98. The first kappa shape index (κ1) is 15.0. The topological polar surface area (TPSA) is 29.5 Å². The molecule has 1 aromatic carbocycles. The van der Waals surface area contributed by atoms with Crippen molar-refractivity contribution in [3.63, 3.8) is 0 Å². The summed E-state index contributed by atoms with van der Waals surface area (Å²) in [6.07, 6.45) is 1.40. The predicted octanol–water partition coefficient (Wildman–Crippen LogP) is 5.09. The number of aliphatic hydroxyl groups is 1. The van der Waals surface area contributed by atoms with Crippen LogP contribution in [0.15, 0.2) is 59.3 Å². The van der Waals surface area contributed by atoms with Gasteiger partial charge in [-0.3, -0.25) is 0 Å². The van der Waals surface area contributed by atoms with E-state index in [1.54, 1.807) is 29.8 Å². The molecule has 3 rings (SSSR count). The molecule has 0 aliphatic carbocycles. The van der Waals surface area contributed by atoms with Gasteiger partial charge in [0.05, 0.1) is 7.11 Å². The normalized spacial score (nSPS) is 13.1. The highest BCUT2D eigenvalue weighted by Gasteiger charge is 2.16. The molecule has 0 amide bonds. The molecule has 22 heavy (non-hydrogen) atoms. The van der Waals surface area contributed by atoms with Crippen LogP contribution in [0.1, 0.15) is 21.4 Å². The molecule has 112 valence electrons. The van der Waals surface area contributed by atoms with Crippen molar-refractivity contribution in [2.24, 2.45) is 0 Å². The third-order valence-electron chi connectivity index (χ3n) is 3.37. The van der Waals surface area contributed by atoms with Crippen LogP contribution in [0.2, 0.25) is 0 Å². The summed E-state index contributed by atoms with van der Waals surface area (Å²) in [5, 5.41) is 14.9. The van der Waals surface area contributed by atoms with Crippen LogP contribution in [-0.2, 0) is 0 Å². The second-order valence-electron chi connectivity index (χ2n) is 4.77. The van der Waals surface area contributed by atoms with Gasteiger partial charge >= 0.3 is 0 Å². The van der Waals surface area contributed by atoms with E-state index >= 15 is 0 Å². The molecule has 0 fully saturated rings. The smallest absolute Gasteiger partial charge is 0.118 e. The van der Waals surface area contributed by atoms with E-state index in [1.807, 2.05) is 53.2 Å². The number of thiophene rings is 2. The van der Waals surface area contributed by atoms with E-state index in [4.69, 9.17) is 4.74 Å². The predicted molar refractivity (Wildman–Crippen MR) is 94.5 cm³/mol. The van der Waals surface area contributed by atoms with Gasteiger partial charge in [-0.05, 0) is 46.7 Å². The summed E-state index contributed by atoms with van der Waals surface area (Å²) < 4.78 is 5.17. The number of hydrogen-bond acceptors (Lipinski definition) is 4. The van der Waals surface area contributed by atoms with Crippen molar-refractivity contribution in [3.05, 3.63) is 74.6 Å². The SMILES string of the molecule is COc1ccc(C(O)/C(=C\c2cccs2)c2cccs2)cc1. The molecule has 1 unspecified atom stereocenters. The summed E-state index contributed by atoms with van der Waals surface area (Å²) in [6, 6.07) is 15.7. The third-order valence-corrected chi connectivity index (χ3v) is 5.11. The van der Waals surface area contributed by atoms with Gasteiger partial charge in [-0.25, -0.2) is 0 Å². The minimum atomic E-state index is -0.661. The van der Waals surface area contributed by atoms with Crippen molar-refractivity contribution in [2.75, 3.05) is 7.11 Å². The molecule has 0 spiro atoms. The van der Waals surface area contributed by atoms with Gasteiger partial charge in [0.15, 0.2) is 0 Å². The van der Waals surface area contributed by atoms with Crippen molar-refractivity contribution < 1.29 is 9.84 Å². The fourth-order valence-corrected chi connectivity index (χ4v) is 3.65. The fraction of sp³-hybridized carbons (Fsp3) is 0.111. The molecule has 0 bridgehead atoms. The molecule has 1 N–H and O–H groups in total. The molecular weight excluding hydrogens is 312 g/mol. The summed E-state index contributed by atoms with van der Waals surface area (Å²) in [7, 11) is 1.64. The van der Waals surface area contributed by atoms with Crippen LogP contribution in [0.3, 0.4) is 0 Å². The number of rotatable bonds is 5. The molecule has 2 aromatic heterocycles. The van der Waals surface area contributed by atoms with Gasteiger partial charge in [0.25, 0.3) is 0 Å². The first-order valence-corrected chi connectivity index (χ1v) is 8.65. The Morgan fingerprint density at radius 3 is 2.36 bits per heavy atom.